The molecule has 1 aliphatic rings. The summed E-state index contributed by atoms with van der Waals surface area (Å²) in [4.78, 5) is 11.9. The normalized spacial score (nSPS) is 14.2. The van der Waals surface area contributed by atoms with E-state index in [-0.39, 0.29) is 5.91 Å². The molecule has 0 unspecified atom stereocenters. The van der Waals surface area contributed by atoms with Gasteiger partial charge in [-0.1, -0.05) is 6.07 Å². The zero-order valence-corrected chi connectivity index (χ0v) is 10.9. The summed E-state index contributed by atoms with van der Waals surface area (Å²) in [5.41, 5.74) is 3.40. The molecular weight excluding hydrogens is 232 g/mol. The first kappa shape index (κ1) is 12.5. The van der Waals surface area contributed by atoms with Gasteiger partial charge in [-0.25, -0.2) is 0 Å². The lowest BCUT2D eigenvalue weighted by Crippen LogP contribution is -2.27. The van der Waals surface area contributed by atoms with Crippen molar-refractivity contribution in [2.45, 2.75) is 13.0 Å². The van der Waals surface area contributed by atoms with Crippen molar-refractivity contribution in [1.29, 1.82) is 0 Å². The summed E-state index contributed by atoms with van der Waals surface area (Å²) in [5, 5.41) is 6.25. The average Bonchev–Trinajstić information content (AvgIpc) is 2.38. The highest BCUT2D eigenvalue weighted by molar-refractivity contribution is 7.98. The number of hydrogen-bond donors (Lipinski definition) is 2. The van der Waals surface area contributed by atoms with Crippen LogP contribution in [0.15, 0.2) is 18.2 Å². The molecule has 0 saturated heterocycles. The predicted octanol–water partition coefficient (Wildman–Crippen LogP) is 1.43. The van der Waals surface area contributed by atoms with Crippen molar-refractivity contribution >= 4 is 17.7 Å². The van der Waals surface area contributed by atoms with E-state index in [2.05, 4.69) is 16.7 Å². The Bertz CT molecular complexity index is 406. The second-order valence-electron chi connectivity index (χ2n) is 4.16. The van der Waals surface area contributed by atoms with Crippen LogP contribution in [0.5, 0.6) is 0 Å². The zero-order chi connectivity index (χ0) is 12.1. The van der Waals surface area contributed by atoms with Gasteiger partial charge in [-0.05, 0) is 42.5 Å². The Kier molecular flexibility index (Phi) is 4.45. The largest absolute Gasteiger partial charge is 0.351 e. The van der Waals surface area contributed by atoms with Gasteiger partial charge in [-0.3, -0.25) is 4.79 Å². The van der Waals surface area contributed by atoms with Crippen LogP contribution in [-0.2, 0) is 13.0 Å². The molecule has 1 aliphatic heterocycles. The van der Waals surface area contributed by atoms with E-state index in [4.69, 9.17) is 0 Å². The third-order valence-corrected chi connectivity index (χ3v) is 3.56. The number of thioether (sulfide) groups is 1. The molecule has 1 aromatic carbocycles. The lowest BCUT2D eigenvalue weighted by Gasteiger charge is -2.17. The van der Waals surface area contributed by atoms with E-state index in [0.717, 1.165) is 37.4 Å². The van der Waals surface area contributed by atoms with Gasteiger partial charge in [0, 0.05) is 24.4 Å². The van der Waals surface area contributed by atoms with Crippen LogP contribution in [0.1, 0.15) is 21.5 Å². The molecule has 1 heterocycles. The van der Waals surface area contributed by atoms with Gasteiger partial charge in [0.05, 0.1) is 0 Å². The lowest BCUT2D eigenvalue weighted by atomic mass is 9.98. The van der Waals surface area contributed by atoms with Crippen molar-refractivity contribution in [3.63, 3.8) is 0 Å². The number of hydrogen-bond acceptors (Lipinski definition) is 3. The summed E-state index contributed by atoms with van der Waals surface area (Å²) in [6.45, 7) is 2.64. The third kappa shape index (κ3) is 3.23. The topological polar surface area (TPSA) is 41.1 Å². The van der Waals surface area contributed by atoms with Crippen LogP contribution in [0.3, 0.4) is 0 Å². The maximum Gasteiger partial charge on any atom is 0.251 e. The number of carbonyl (C=O) groups excluding carboxylic acids is 1. The fraction of sp³-hybridized carbons (Fsp3) is 0.462. The molecule has 2 N–H and O–H groups in total. The maximum absolute atomic E-state index is 11.9. The first-order chi connectivity index (χ1) is 8.31. The minimum absolute atomic E-state index is 0.0347. The van der Waals surface area contributed by atoms with Gasteiger partial charge in [-0.15, -0.1) is 0 Å². The number of amides is 1. The summed E-state index contributed by atoms with van der Waals surface area (Å²) in [6.07, 6.45) is 3.10. The van der Waals surface area contributed by atoms with Gasteiger partial charge in [0.2, 0.25) is 0 Å². The van der Waals surface area contributed by atoms with E-state index in [0.29, 0.717) is 0 Å². The molecule has 1 amide bonds. The Labute approximate surface area is 106 Å². The third-order valence-electron chi connectivity index (χ3n) is 2.95. The van der Waals surface area contributed by atoms with Crippen LogP contribution in [0.25, 0.3) is 0 Å². The van der Waals surface area contributed by atoms with Crippen LogP contribution in [-0.4, -0.2) is 31.0 Å². The number of nitrogens with one attached hydrogen (secondary N) is 2. The fourth-order valence-corrected chi connectivity index (χ4v) is 2.30. The number of carbonyl (C=O) groups is 1. The SMILES string of the molecule is CSCCNC(=O)c1ccc2c(c1)CNCC2. The van der Waals surface area contributed by atoms with Crippen molar-refractivity contribution in [2.24, 2.45) is 0 Å². The van der Waals surface area contributed by atoms with Crippen LogP contribution >= 0.6 is 11.8 Å². The van der Waals surface area contributed by atoms with Gasteiger partial charge in [0.25, 0.3) is 5.91 Å². The molecule has 0 bridgehead atoms. The van der Waals surface area contributed by atoms with Crippen LogP contribution in [0.4, 0.5) is 0 Å². The minimum atomic E-state index is 0.0347. The zero-order valence-electron chi connectivity index (χ0n) is 10.1. The van der Waals surface area contributed by atoms with Crippen molar-refractivity contribution in [1.82, 2.24) is 10.6 Å². The Morgan fingerprint density at radius 1 is 1.47 bits per heavy atom. The molecule has 0 atom stereocenters. The number of fused-ring (bicyclic) bond motifs is 1. The van der Waals surface area contributed by atoms with Gasteiger partial charge in [0.15, 0.2) is 0 Å². The van der Waals surface area contributed by atoms with E-state index in [1.165, 1.54) is 11.1 Å². The highest BCUT2D eigenvalue weighted by Crippen LogP contribution is 2.15. The summed E-state index contributed by atoms with van der Waals surface area (Å²) >= 11 is 1.74. The highest BCUT2D eigenvalue weighted by Gasteiger charge is 2.11. The molecule has 0 spiro atoms. The molecule has 3 nitrogen and oxygen atoms in total. The van der Waals surface area contributed by atoms with E-state index in [1.807, 2.05) is 18.4 Å². The standard InChI is InChI=1S/C13H18N2OS/c1-17-7-6-15-13(16)11-3-2-10-4-5-14-9-12(10)8-11/h2-3,8,14H,4-7,9H2,1H3,(H,15,16). The fourth-order valence-electron chi connectivity index (χ4n) is 1.99. The van der Waals surface area contributed by atoms with Crippen molar-refractivity contribution in [2.75, 3.05) is 25.1 Å². The second kappa shape index (κ2) is 6.07. The van der Waals surface area contributed by atoms with Crippen LogP contribution in [0.2, 0.25) is 0 Å². The van der Waals surface area contributed by atoms with Crippen LogP contribution in [0, 0.1) is 0 Å². The molecular formula is C13H18N2OS. The molecule has 0 saturated carbocycles. The van der Waals surface area contributed by atoms with E-state index < -0.39 is 0 Å². The molecule has 2 rings (SSSR count). The summed E-state index contributed by atoms with van der Waals surface area (Å²) in [5.74, 6) is 0.991. The molecule has 4 heteroatoms. The monoisotopic (exact) mass is 250 g/mol. The summed E-state index contributed by atoms with van der Waals surface area (Å²) in [6, 6.07) is 6.02. The smallest absolute Gasteiger partial charge is 0.251 e. The van der Waals surface area contributed by atoms with Crippen LogP contribution < -0.4 is 10.6 Å². The summed E-state index contributed by atoms with van der Waals surface area (Å²) in [7, 11) is 0. The van der Waals surface area contributed by atoms with E-state index in [1.54, 1.807) is 11.8 Å². The Morgan fingerprint density at radius 2 is 2.35 bits per heavy atom. The molecule has 0 aromatic heterocycles. The van der Waals surface area contributed by atoms with Gasteiger partial charge in [0.1, 0.15) is 0 Å². The first-order valence-corrected chi connectivity index (χ1v) is 7.30. The van der Waals surface area contributed by atoms with Gasteiger partial charge < -0.3 is 10.6 Å². The number of benzene rings is 1. The van der Waals surface area contributed by atoms with Crippen molar-refractivity contribution < 1.29 is 4.79 Å². The molecule has 17 heavy (non-hydrogen) atoms. The highest BCUT2D eigenvalue weighted by atomic mass is 32.2. The van der Waals surface area contributed by atoms with E-state index >= 15 is 0 Å². The van der Waals surface area contributed by atoms with E-state index in [9.17, 15) is 4.79 Å². The maximum atomic E-state index is 11.9. The number of rotatable bonds is 4. The quantitative estimate of drug-likeness (QED) is 0.794. The van der Waals surface area contributed by atoms with Crippen molar-refractivity contribution in [3.05, 3.63) is 34.9 Å². The van der Waals surface area contributed by atoms with Gasteiger partial charge >= 0.3 is 0 Å². The Balaban J connectivity index is 2.03. The minimum Gasteiger partial charge on any atom is -0.351 e. The lowest BCUT2D eigenvalue weighted by molar-refractivity contribution is 0.0956. The second-order valence-corrected chi connectivity index (χ2v) is 5.14. The average molecular weight is 250 g/mol. The first-order valence-electron chi connectivity index (χ1n) is 5.91. The molecule has 92 valence electrons. The van der Waals surface area contributed by atoms with Crippen molar-refractivity contribution in [3.8, 4) is 0 Å². The van der Waals surface area contributed by atoms with Gasteiger partial charge in [-0.2, -0.15) is 11.8 Å². The molecule has 0 radical (unpaired) electrons. The molecule has 1 aromatic rings. The predicted molar refractivity (Wildman–Crippen MR) is 72.6 cm³/mol. The molecule has 0 fully saturated rings. The Morgan fingerprint density at radius 3 is 3.18 bits per heavy atom. The Hall–Kier alpha value is -1.00. The molecule has 0 aliphatic carbocycles. The summed E-state index contributed by atoms with van der Waals surface area (Å²) < 4.78 is 0.